The topological polar surface area (TPSA) is 12.0 Å². The lowest BCUT2D eigenvalue weighted by atomic mass is 9.85. The predicted molar refractivity (Wildman–Crippen MR) is 89.9 cm³/mol. The maximum Gasteiger partial charge on any atom is 0.0327 e. The van der Waals surface area contributed by atoms with Crippen molar-refractivity contribution >= 4 is 0 Å². The van der Waals surface area contributed by atoms with E-state index in [2.05, 4.69) is 77.2 Å². The number of rotatable bonds is 7. The fourth-order valence-corrected chi connectivity index (χ4v) is 2.58. The van der Waals surface area contributed by atoms with Crippen LogP contribution in [0.15, 0.2) is 30.3 Å². The van der Waals surface area contributed by atoms with Crippen LogP contribution in [0.25, 0.3) is 0 Å². The molecule has 0 saturated heterocycles. The van der Waals surface area contributed by atoms with E-state index >= 15 is 0 Å². The molecule has 0 saturated carbocycles. The van der Waals surface area contributed by atoms with E-state index in [0.717, 1.165) is 5.92 Å². The largest absolute Gasteiger partial charge is 0.307 e. The summed E-state index contributed by atoms with van der Waals surface area (Å²) in [5.41, 5.74) is 1.75. The molecule has 1 aromatic carbocycles. The molecule has 2 atom stereocenters. The van der Waals surface area contributed by atoms with Gasteiger partial charge in [0.15, 0.2) is 0 Å². The van der Waals surface area contributed by atoms with Gasteiger partial charge in [0.2, 0.25) is 0 Å². The highest BCUT2D eigenvalue weighted by atomic mass is 14.9. The van der Waals surface area contributed by atoms with E-state index in [1.165, 1.54) is 24.8 Å². The second kappa shape index (κ2) is 7.83. The summed E-state index contributed by atoms with van der Waals surface area (Å²) in [5.74, 6) is 0.789. The molecule has 0 heterocycles. The highest BCUT2D eigenvalue weighted by Crippen LogP contribution is 2.30. The molecule has 20 heavy (non-hydrogen) atoms. The van der Waals surface area contributed by atoms with Gasteiger partial charge in [-0.25, -0.2) is 0 Å². The second-order valence-corrected chi connectivity index (χ2v) is 7.77. The zero-order valence-corrected chi connectivity index (χ0v) is 14.2. The molecule has 0 bridgehead atoms. The standard InChI is InChI=1S/C19H33N/c1-15(2)12-13-16(3)20-18(14-19(4,5)6)17-10-8-7-9-11-17/h7-11,15-16,18,20H,12-14H2,1-6H3. The third kappa shape index (κ3) is 7.09. The lowest BCUT2D eigenvalue weighted by Gasteiger charge is -2.30. The SMILES string of the molecule is CC(C)CCC(C)NC(CC(C)(C)C)c1ccccc1. The fraction of sp³-hybridized carbons (Fsp3) is 0.684. The Kier molecular flexibility index (Phi) is 6.75. The molecule has 114 valence electrons. The maximum absolute atomic E-state index is 3.85. The molecule has 0 aliphatic carbocycles. The molecule has 2 unspecified atom stereocenters. The van der Waals surface area contributed by atoms with Crippen LogP contribution >= 0.6 is 0 Å². The first-order valence-electron chi connectivity index (χ1n) is 8.09. The van der Waals surface area contributed by atoms with Crippen molar-refractivity contribution in [3.63, 3.8) is 0 Å². The number of nitrogens with one attached hydrogen (secondary N) is 1. The van der Waals surface area contributed by atoms with Crippen LogP contribution in [0.5, 0.6) is 0 Å². The number of hydrogen-bond acceptors (Lipinski definition) is 1. The van der Waals surface area contributed by atoms with Crippen LogP contribution < -0.4 is 5.32 Å². The average molecular weight is 275 g/mol. The van der Waals surface area contributed by atoms with E-state index in [1.807, 2.05) is 0 Å². The normalized spacial score (nSPS) is 15.3. The van der Waals surface area contributed by atoms with Crippen molar-refractivity contribution < 1.29 is 0 Å². The van der Waals surface area contributed by atoms with E-state index < -0.39 is 0 Å². The fourth-order valence-electron chi connectivity index (χ4n) is 2.58. The minimum Gasteiger partial charge on any atom is -0.307 e. The zero-order chi connectivity index (χ0) is 15.2. The van der Waals surface area contributed by atoms with Gasteiger partial charge in [0.1, 0.15) is 0 Å². The van der Waals surface area contributed by atoms with E-state index in [4.69, 9.17) is 0 Å². The van der Waals surface area contributed by atoms with Crippen LogP contribution in [-0.4, -0.2) is 6.04 Å². The van der Waals surface area contributed by atoms with Crippen LogP contribution in [0.3, 0.4) is 0 Å². The lowest BCUT2D eigenvalue weighted by molar-refractivity contribution is 0.289. The summed E-state index contributed by atoms with van der Waals surface area (Å²) in [7, 11) is 0. The Balaban J connectivity index is 2.68. The number of benzene rings is 1. The Morgan fingerprint density at radius 1 is 0.950 bits per heavy atom. The molecular weight excluding hydrogens is 242 g/mol. The molecule has 0 fully saturated rings. The molecule has 0 aromatic heterocycles. The Hall–Kier alpha value is -0.820. The molecule has 0 aliphatic heterocycles. The van der Waals surface area contributed by atoms with Crippen molar-refractivity contribution in [2.24, 2.45) is 11.3 Å². The summed E-state index contributed by atoms with van der Waals surface area (Å²) in [6, 6.07) is 11.9. The van der Waals surface area contributed by atoms with Crippen molar-refractivity contribution in [3.8, 4) is 0 Å². The van der Waals surface area contributed by atoms with Gasteiger partial charge in [-0.3, -0.25) is 0 Å². The molecule has 0 amide bonds. The molecule has 1 nitrogen and oxygen atoms in total. The first kappa shape index (κ1) is 17.2. The lowest BCUT2D eigenvalue weighted by Crippen LogP contribution is -2.33. The molecular formula is C19H33N. The van der Waals surface area contributed by atoms with Gasteiger partial charge in [-0.05, 0) is 43.1 Å². The summed E-state index contributed by atoms with van der Waals surface area (Å²) in [4.78, 5) is 0. The molecule has 1 aromatic rings. The number of hydrogen-bond donors (Lipinski definition) is 1. The highest BCUT2D eigenvalue weighted by molar-refractivity contribution is 5.19. The molecule has 1 heteroatoms. The van der Waals surface area contributed by atoms with E-state index in [9.17, 15) is 0 Å². The smallest absolute Gasteiger partial charge is 0.0327 e. The Morgan fingerprint density at radius 2 is 1.55 bits per heavy atom. The van der Waals surface area contributed by atoms with Gasteiger partial charge in [0.05, 0.1) is 0 Å². The Bertz CT molecular complexity index is 361. The van der Waals surface area contributed by atoms with E-state index in [0.29, 0.717) is 17.5 Å². The second-order valence-electron chi connectivity index (χ2n) is 7.77. The summed E-state index contributed by atoms with van der Waals surface area (Å²) in [6.45, 7) is 13.9. The predicted octanol–water partition coefficient (Wildman–Crippen LogP) is 5.58. The van der Waals surface area contributed by atoms with Crippen LogP contribution in [0.4, 0.5) is 0 Å². The molecule has 0 radical (unpaired) electrons. The van der Waals surface area contributed by atoms with Gasteiger partial charge >= 0.3 is 0 Å². The average Bonchev–Trinajstić information content (AvgIpc) is 2.35. The summed E-state index contributed by atoms with van der Waals surface area (Å²) in [6.07, 6.45) is 3.72. The van der Waals surface area contributed by atoms with Gasteiger partial charge < -0.3 is 5.32 Å². The Morgan fingerprint density at radius 3 is 2.05 bits per heavy atom. The van der Waals surface area contributed by atoms with Crippen LogP contribution in [0.2, 0.25) is 0 Å². The quantitative estimate of drug-likeness (QED) is 0.685. The van der Waals surface area contributed by atoms with Gasteiger partial charge in [-0.2, -0.15) is 0 Å². The molecule has 1 rings (SSSR count). The third-order valence-electron chi connectivity index (χ3n) is 3.68. The molecule has 0 spiro atoms. The van der Waals surface area contributed by atoms with Gasteiger partial charge in [0.25, 0.3) is 0 Å². The van der Waals surface area contributed by atoms with Crippen molar-refractivity contribution in [1.29, 1.82) is 0 Å². The monoisotopic (exact) mass is 275 g/mol. The third-order valence-corrected chi connectivity index (χ3v) is 3.68. The van der Waals surface area contributed by atoms with Crippen molar-refractivity contribution in [1.82, 2.24) is 5.32 Å². The van der Waals surface area contributed by atoms with Crippen LogP contribution in [0.1, 0.15) is 72.4 Å². The first-order chi connectivity index (χ1) is 9.28. The Labute approximate surface area is 126 Å². The summed E-state index contributed by atoms with van der Waals surface area (Å²) in [5, 5.41) is 3.85. The summed E-state index contributed by atoms with van der Waals surface area (Å²) >= 11 is 0. The molecule has 1 N–H and O–H groups in total. The van der Waals surface area contributed by atoms with Crippen LogP contribution in [-0.2, 0) is 0 Å². The molecule has 0 aliphatic rings. The van der Waals surface area contributed by atoms with Crippen molar-refractivity contribution in [2.75, 3.05) is 0 Å². The van der Waals surface area contributed by atoms with E-state index in [1.54, 1.807) is 0 Å². The minimum atomic E-state index is 0.339. The van der Waals surface area contributed by atoms with Gasteiger partial charge in [-0.1, -0.05) is 65.0 Å². The zero-order valence-electron chi connectivity index (χ0n) is 14.2. The highest BCUT2D eigenvalue weighted by Gasteiger charge is 2.21. The minimum absolute atomic E-state index is 0.339. The van der Waals surface area contributed by atoms with Gasteiger partial charge in [0, 0.05) is 12.1 Å². The van der Waals surface area contributed by atoms with Gasteiger partial charge in [-0.15, -0.1) is 0 Å². The first-order valence-corrected chi connectivity index (χ1v) is 8.09. The van der Waals surface area contributed by atoms with Crippen molar-refractivity contribution in [3.05, 3.63) is 35.9 Å². The van der Waals surface area contributed by atoms with Crippen LogP contribution in [0, 0.1) is 11.3 Å². The van der Waals surface area contributed by atoms with E-state index in [-0.39, 0.29) is 0 Å². The summed E-state index contributed by atoms with van der Waals surface area (Å²) < 4.78 is 0. The van der Waals surface area contributed by atoms with Crippen molar-refractivity contribution in [2.45, 2.75) is 72.9 Å². The maximum atomic E-state index is 3.85.